The molecule has 10 heteroatoms. The van der Waals surface area contributed by atoms with Crippen molar-refractivity contribution in [2.75, 3.05) is 62.7 Å². The number of nitrogens with one attached hydrogen (secondary N) is 1. The van der Waals surface area contributed by atoms with Gasteiger partial charge in [0.15, 0.2) is 0 Å². The van der Waals surface area contributed by atoms with Gasteiger partial charge >= 0.3 is 0 Å². The molecule has 218 valence electrons. The molecule has 0 bridgehead atoms. The van der Waals surface area contributed by atoms with Gasteiger partial charge in [-0.2, -0.15) is 10.4 Å². The van der Waals surface area contributed by atoms with Gasteiger partial charge in [0, 0.05) is 49.7 Å². The number of piperazine rings is 1. The Morgan fingerprint density at radius 3 is 2.69 bits per heavy atom. The monoisotopic (exact) mass is 566 g/mol. The minimum atomic E-state index is -0.0489. The summed E-state index contributed by atoms with van der Waals surface area (Å²) in [5.74, 6) is 0.983. The summed E-state index contributed by atoms with van der Waals surface area (Å²) < 4.78 is 6.41. The number of likely N-dealkylation sites (tertiary alicyclic amines) is 1. The predicted molar refractivity (Wildman–Crippen MR) is 162 cm³/mol. The molecule has 0 radical (unpaired) electrons. The predicted octanol–water partition coefficient (Wildman–Crippen LogP) is 3.58. The minimum absolute atomic E-state index is 0.0489. The van der Waals surface area contributed by atoms with Crippen LogP contribution < -0.4 is 14.5 Å². The summed E-state index contributed by atoms with van der Waals surface area (Å²) in [4.78, 5) is 26.2. The van der Waals surface area contributed by atoms with E-state index in [2.05, 4.69) is 56.7 Å². The van der Waals surface area contributed by atoms with Crippen LogP contribution in [0, 0.1) is 11.3 Å². The van der Waals surface area contributed by atoms with E-state index in [1.165, 1.54) is 30.2 Å². The molecule has 7 rings (SSSR count). The van der Waals surface area contributed by atoms with E-state index in [1.807, 2.05) is 11.1 Å². The highest BCUT2D eigenvalue weighted by molar-refractivity contribution is 5.94. The van der Waals surface area contributed by atoms with Crippen molar-refractivity contribution in [3.63, 3.8) is 0 Å². The number of nitriles is 1. The number of pyridine rings is 1. The lowest BCUT2D eigenvalue weighted by atomic mass is 9.96. The van der Waals surface area contributed by atoms with Crippen molar-refractivity contribution in [1.29, 1.82) is 5.26 Å². The molecule has 5 heterocycles. The quantitative estimate of drug-likeness (QED) is 0.433. The van der Waals surface area contributed by atoms with Crippen LogP contribution in [0.4, 0.5) is 11.4 Å². The van der Waals surface area contributed by atoms with Crippen LogP contribution in [0.3, 0.4) is 0 Å². The van der Waals surface area contributed by atoms with Gasteiger partial charge in [0.1, 0.15) is 18.2 Å². The third-order valence-electron chi connectivity index (χ3n) is 9.53. The number of amides is 1. The smallest absolute Gasteiger partial charge is 0.246 e. The highest BCUT2D eigenvalue weighted by Gasteiger charge is 2.34. The average molecular weight is 567 g/mol. The number of aromatic nitrogens is 3. The van der Waals surface area contributed by atoms with Gasteiger partial charge in [0.2, 0.25) is 11.8 Å². The molecule has 3 aliphatic heterocycles. The zero-order valence-corrected chi connectivity index (χ0v) is 24.3. The molecule has 0 spiro atoms. The Morgan fingerprint density at radius 2 is 1.98 bits per heavy atom. The Labute approximate surface area is 246 Å². The molecule has 4 aliphatic rings. The summed E-state index contributed by atoms with van der Waals surface area (Å²) in [7, 11) is 2.13. The van der Waals surface area contributed by atoms with Crippen molar-refractivity contribution in [3.8, 4) is 11.9 Å². The molecule has 1 N–H and O–H groups in total. The molecule has 1 saturated carbocycles. The van der Waals surface area contributed by atoms with Crippen LogP contribution in [0.15, 0.2) is 31.0 Å². The van der Waals surface area contributed by atoms with Crippen LogP contribution in [0.2, 0.25) is 0 Å². The first kappa shape index (κ1) is 26.8. The number of nitrogens with zero attached hydrogens (tertiary/aromatic N) is 7. The standard InChI is InChI=1S/C32H38N8O2/c1-3-29(41)38-13-15-39(16-14-38)31-24-10-12-40(30-23(21-6-7-21)8-9-27-26(30)18-34-36-27)19-28(24)35-32(25(31)17-33)42-20-22-5-4-11-37(22)2/h3,8-9,18,21-22H,1,4-7,10-16,19-20H2,2H3,(H,34,36). The van der Waals surface area contributed by atoms with Crippen molar-refractivity contribution in [2.45, 2.75) is 50.6 Å². The van der Waals surface area contributed by atoms with E-state index >= 15 is 0 Å². The van der Waals surface area contributed by atoms with E-state index < -0.39 is 0 Å². The van der Waals surface area contributed by atoms with Crippen molar-refractivity contribution in [3.05, 3.63) is 53.4 Å². The Balaban J connectivity index is 1.26. The summed E-state index contributed by atoms with van der Waals surface area (Å²) >= 11 is 0. The lowest BCUT2D eigenvalue weighted by Crippen LogP contribution is -2.49. The number of hydrogen-bond donors (Lipinski definition) is 1. The van der Waals surface area contributed by atoms with E-state index in [-0.39, 0.29) is 5.91 Å². The number of rotatable bonds is 7. The van der Waals surface area contributed by atoms with Crippen molar-refractivity contribution >= 4 is 28.2 Å². The Bertz CT molecular complexity index is 1560. The molecule has 1 unspecified atom stereocenters. The lowest BCUT2D eigenvalue weighted by Gasteiger charge is -2.39. The second kappa shape index (κ2) is 11.0. The number of hydrogen-bond acceptors (Lipinski definition) is 8. The molecule has 2 saturated heterocycles. The highest BCUT2D eigenvalue weighted by Crippen LogP contribution is 2.48. The van der Waals surface area contributed by atoms with Gasteiger partial charge in [0.25, 0.3) is 0 Å². The second-order valence-electron chi connectivity index (χ2n) is 12.1. The average Bonchev–Trinajstić information content (AvgIpc) is 3.61. The summed E-state index contributed by atoms with van der Waals surface area (Å²) in [6.07, 6.45) is 8.79. The van der Waals surface area contributed by atoms with Crippen LogP contribution in [-0.4, -0.2) is 89.9 Å². The first-order valence-electron chi connectivity index (χ1n) is 15.2. The van der Waals surface area contributed by atoms with Gasteiger partial charge in [-0.1, -0.05) is 12.6 Å². The third kappa shape index (κ3) is 4.75. The number of fused-ring (bicyclic) bond motifs is 2. The largest absolute Gasteiger partial charge is 0.475 e. The Morgan fingerprint density at radius 1 is 1.14 bits per heavy atom. The van der Waals surface area contributed by atoms with Crippen molar-refractivity contribution in [1.82, 2.24) is 25.0 Å². The van der Waals surface area contributed by atoms with E-state index in [0.717, 1.165) is 60.2 Å². The van der Waals surface area contributed by atoms with Gasteiger partial charge in [-0.3, -0.25) is 9.89 Å². The normalized spacial score (nSPS) is 21.0. The van der Waals surface area contributed by atoms with E-state index in [0.29, 0.717) is 62.7 Å². The number of aromatic amines is 1. The topological polar surface area (TPSA) is 105 Å². The maximum absolute atomic E-state index is 12.3. The zero-order valence-electron chi connectivity index (χ0n) is 24.3. The van der Waals surface area contributed by atoms with Crippen LogP contribution in [0.25, 0.3) is 10.9 Å². The SMILES string of the molecule is C=CC(=O)N1CCN(c2c(C#N)c(OCC3CCCN3C)nc3c2CCN(c2c(C4CC4)ccc4[nH]ncc24)C3)CC1. The van der Waals surface area contributed by atoms with Crippen molar-refractivity contribution < 1.29 is 9.53 Å². The van der Waals surface area contributed by atoms with Crippen LogP contribution >= 0.6 is 0 Å². The summed E-state index contributed by atoms with van der Waals surface area (Å²) in [5.41, 5.74) is 7.25. The molecule has 1 atom stereocenters. The number of H-pyrrole nitrogens is 1. The number of benzene rings is 1. The fourth-order valence-electron chi connectivity index (χ4n) is 7.02. The van der Waals surface area contributed by atoms with Crippen molar-refractivity contribution in [2.24, 2.45) is 0 Å². The first-order valence-corrected chi connectivity index (χ1v) is 15.2. The third-order valence-corrected chi connectivity index (χ3v) is 9.53. The Kier molecular flexibility index (Phi) is 6.98. The molecule has 10 nitrogen and oxygen atoms in total. The number of anilines is 2. The van der Waals surface area contributed by atoms with Crippen LogP contribution in [0.1, 0.15) is 54.0 Å². The molecule has 42 heavy (non-hydrogen) atoms. The van der Waals surface area contributed by atoms with E-state index in [1.54, 1.807) is 0 Å². The zero-order chi connectivity index (χ0) is 28.8. The highest BCUT2D eigenvalue weighted by atomic mass is 16.5. The maximum Gasteiger partial charge on any atom is 0.246 e. The van der Waals surface area contributed by atoms with Crippen LogP contribution in [-0.2, 0) is 17.8 Å². The molecule has 2 aromatic heterocycles. The second-order valence-corrected chi connectivity index (χ2v) is 12.1. The summed E-state index contributed by atoms with van der Waals surface area (Å²) in [5, 5.41) is 19.1. The maximum atomic E-state index is 12.3. The number of carbonyl (C=O) groups excluding carboxylic acids is 1. The lowest BCUT2D eigenvalue weighted by molar-refractivity contribution is -0.126. The van der Waals surface area contributed by atoms with Crippen LogP contribution in [0.5, 0.6) is 5.88 Å². The molecule has 1 aliphatic carbocycles. The molecule has 1 amide bonds. The number of ether oxygens (including phenoxy) is 1. The first-order chi connectivity index (χ1) is 20.6. The minimum Gasteiger partial charge on any atom is -0.475 e. The fraction of sp³-hybridized carbons (Fsp3) is 0.500. The number of likely N-dealkylation sites (N-methyl/N-ethyl adjacent to an activating group) is 1. The van der Waals surface area contributed by atoms with Gasteiger partial charge in [0.05, 0.1) is 35.3 Å². The van der Waals surface area contributed by atoms with Gasteiger partial charge in [-0.05, 0) is 69.3 Å². The molecular weight excluding hydrogens is 528 g/mol. The molecule has 1 aromatic carbocycles. The molecule has 3 fully saturated rings. The van der Waals surface area contributed by atoms with E-state index in [9.17, 15) is 10.1 Å². The molecular formula is C32H38N8O2. The van der Waals surface area contributed by atoms with Gasteiger partial charge in [-0.25, -0.2) is 4.98 Å². The van der Waals surface area contributed by atoms with Gasteiger partial charge < -0.3 is 24.3 Å². The molecule has 3 aromatic rings. The van der Waals surface area contributed by atoms with Gasteiger partial charge in [-0.15, -0.1) is 0 Å². The fourth-order valence-corrected chi connectivity index (χ4v) is 7.02. The number of carbonyl (C=O) groups is 1. The summed E-state index contributed by atoms with van der Waals surface area (Å²) in [6.45, 7) is 9.20. The summed E-state index contributed by atoms with van der Waals surface area (Å²) in [6, 6.07) is 7.21. The Hall–Kier alpha value is -4.10. The van der Waals surface area contributed by atoms with E-state index in [4.69, 9.17) is 9.72 Å².